The zero-order chi connectivity index (χ0) is 13.7. The number of ether oxygens (including phenoxy) is 2. The molecule has 0 aromatic carbocycles. The van der Waals surface area contributed by atoms with E-state index in [1.54, 1.807) is 0 Å². The Hall–Kier alpha value is -0.160. The molecular formula is C15H29NO3. The van der Waals surface area contributed by atoms with Crippen LogP contribution in [0, 0.1) is 11.3 Å². The van der Waals surface area contributed by atoms with E-state index in [0.29, 0.717) is 31.8 Å². The van der Waals surface area contributed by atoms with Gasteiger partial charge in [-0.25, -0.2) is 0 Å². The lowest BCUT2D eigenvalue weighted by Gasteiger charge is -2.17. The molecule has 0 heterocycles. The lowest BCUT2D eigenvalue weighted by molar-refractivity contribution is -0.0102. The molecule has 2 saturated carbocycles. The monoisotopic (exact) mass is 271 g/mol. The summed E-state index contributed by atoms with van der Waals surface area (Å²) < 4.78 is 10.8. The molecule has 2 fully saturated rings. The Morgan fingerprint density at radius 1 is 1.26 bits per heavy atom. The van der Waals surface area contributed by atoms with Gasteiger partial charge in [-0.15, -0.1) is 0 Å². The number of rotatable bonds is 11. The minimum absolute atomic E-state index is 0.243. The molecule has 112 valence electrons. The van der Waals surface area contributed by atoms with E-state index >= 15 is 0 Å². The third-order valence-corrected chi connectivity index (χ3v) is 4.18. The molecule has 1 atom stereocenters. The number of aliphatic hydroxyl groups is 1. The lowest BCUT2D eigenvalue weighted by atomic mass is 10.0. The zero-order valence-electron chi connectivity index (χ0n) is 12.4. The van der Waals surface area contributed by atoms with Crippen LogP contribution in [0.5, 0.6) is 0 Å². The van der Waals surface area contributed by atoms with Gasteiger partial charge in [-0.3, -0.25) is 0 Å². The fourth-order valence-electron chi connectivity index (χ4n) is 2.69. The van der Waals surface area contributed by atoms with Crippen molar-refractivity contribution in [2.75, 3.05) is 32.9 Å². The molecule has 2 aliphatic carbocycles. The minimum Gasteiger partial charge on any atom is -0.389 e. The Bertz CT molecular complexity index is 262. The molecule has 0 radical (unpaired) electrons. The van der Waals surface area contributed by atoms with E-state index in [1.807, 2.05) is 13.8 Å². The van der Waals surface area contributed by atoms with E-state index < -0.39 is 6.10 Å². The molecule has 2 aliphatic rings. The molecule has 19 heavy (non-hydrogen) atoms. The SMILES string of the molecule is CC(C)OCCOCC(O)CNCC1(C2CC2)CC1. The molecule has 2 rings (SSSR count). The lowest BCUT2D eigenvalue weighted by Crippen LogP contribution is -2.35. The molecule has 0 spiro atoms. The quantitative estimate of drug-likeness (QED) is 0.560. The topological polar surface area (TPSA) is 50.7 Å². The van der Waals surface area contributed by atoms with Gasteiger partial charge in [-0.2, -0.15) is 0 Å². The van der Waals surface area contributed by atoms with Crippen LogP contribution in [0.2, 0.25) is 0 Å². The Labute approximate surface area is 116 Å². The summed E-state index contributed by atoms with van der Waals surface area (Å²) in [6, 6.07) is 0. The molecular weight excluding hydrogens is 242 g/mol. The van der Waals surface area contributed by atoms with Gasteiger partial charge in [0.15, 0.2) is 0 Å². The van der Waals surface area contributed by atoms with Crippen LogP contribution in [0.4, 0.5) is 0 Å². The highest BCUT2D eigenvalue weighted by molar-refractivity contribution is 5.05. The third-order valence-electron chi connectivity index (χ3n) is 4.18. The summed E-state index contributed by atoms with van der Waals surface area (Å²) >= 11 is 0. The Morgan fingerprint density at radius 2 is 2.00 bits per heavy atom. The summed E-state index contributed by atoms with van der Waals surface area (Å²) in [5.74, 6) is 0.974. The van der Waals surface area contributed by atoms with Gasteiger partial charge >= 0.3 is 0 Å². The summed E-state index contributed by atoms with van der Waals surface area (Å²) in [4.78, 5) is 0. The molecule has 0 aromatic rings. The van der Waals surface area contributed by atoms with Crippen molar-refractivity contribution in [1.29, 1.82) is 0 Å². The van der Waals surface area contributed by atoms with Crippen molar-refractivity contribution in [3.63, 3.8) is 0 Å². The zero-order valence-corrected chi connectivity index (χ0v) is 12.4. The van der Waals surface area contributed by atoms with Gasteiger partial charge in [0, 0.05) is 13.1 Å². The molecule has 4 nitrogen and oxygen atoms in total. The molecule has 0 aliphatic heterocycles. The smallest absolute Gasteiger partial charge is 0.0897 e. The molecule has 0 saturated heterocycles. The number of aliphatic hydroxyl groups excluding tert-OH is 1. The molecule has 2 N–H and O–H groups in total. The molecule has 4 heteroatoms. The maximum Gasteiger partial charge on any atom is 0.0897 e. The normalized spacial score (nSPS) is 22.7. The Balaban J connectivity index is 1.42. The second-order valence-electron chi connectivity index (χ2n) is 6.42. The van der Waals surface area contributed by atoms with Crippen LogP contribution in [0.15, 0.2) is 0 Å². The van der Waals surface area contributed by atoms with Crippen LogP contribution in [-0.2, 0) is 9.47 Å². The van der Waals surface area contributed by atoms with Crippen molar-refractivity contribution < 1.29 is 14.6 Å². The van der Waals surface area contributed by atoms with Gasteiger partial charge < -0.3 is 19.9 Å². The predicted octanol–water partition coefficient (Wildman–Crippen LogP) is 1.57. The van der Waals surface area contributed by atoms with E-state index in [9.17, 15) is 5.11 Å². The van der Waals surface area contributed by atoms with Crippen LogP contribution >= 0.6 is 0 Å². The largest absolute Gasteiger partial charge is 0.389 e. The summed E-state index contributed by atoms with van der Waals surface area (Å²) in [5, 5.41) is 13.2. The van der Waals surface area contributed by atoms with Gasteiger partial charge in [-0.05, 0) is 50.9 Å². The summed E-state index contributed by atoms with van der Waals surface area (Å²) in [6.45, 7) is 7.28. The Kier molecular flexibility index (Phi) is 5.63. The molecule has 0 bridgehead atoms. The first-order valence-electron chi connectivity index (χ1n) is 7.70. The van der Waals surface area contributed by atoms with Crippen LogP contribution in [0.3, 0.4) is 0 Å². The van der Waals surface area contributed by atoms with Crippen LogP contribution in [0.25, 0.3) is 0 Å². The highest BCUT2D eigenvalue weighted by Crippen LogP contribution is 2.60. The van der Waals surface area contributed by atoms with E-state index in [1.165, 1.54) is 25.7 Å². The minimum atomic E-state index is -0.408. The van der Waals surface area contributed by atoms with Gasteiger partial charge in [0.1, 0.15) is 0 Å². The van der Waals surface area contributed by atoms with E-state index in [0.717, 1.165) is 12.5 Å². The van der Waals surface area contributed by atoms with Crippen molar-refractivity contribution in [3.05, 3.63) is 0 Å². The number of nitrogens with one attached hydrogen (secondary N) is 1. The summed E-state index contributed by atoms with van der Waals surface area (Å²) in [5.41, 5.74) is 0.603. The predicted molar refractivity (Wildman–Crippen MR) is 75.2 cm³/mol. The maximum absolute atomic E-state index is 9.80. The van der Waals surface area contributed by atoms with Crippen molar-refractivity contribution in [2.24, 2.45) is 11.3 Å². The highest BCUT2D eigenvalue weighted by atomic mass is 16.5. The third kappa shape index (κ3) is 5.38. The Morgan fingerprint density at radius 3 is 2.58 bits per heavy atom. The van der Waals surface area contributed by atoms with Gasteiger partial charge in [-0.1, -0.05) is 0 Å². The summed E-state index contributed by atoms with van der Waals surface area (Å²) in [6.07, 6.45) is 5.43. The van der Waals surface area contributed by atoms with Crippen LogP contribution in [-0.4, -0.2) is 50.2 Å². The first-order valence-corrected chi connectivity index (χ1v) is 7.70. The van der Waals surface area contributed by atoms with Gasteiger partial charge in [0.2, 0.25) is 0 Å². The highest BCUT2D eigenvalue weighted by Gasteiger charge is 2.53. The van der Waals surface area contributed by atoms with E-state index in [2.05, 4.69) is 5.32 Å². The van der Waals surface area contributed by atoms with Crippen molar-refractivity contribution in [1.82, 2.24) is 5.32 Å². The first kappa shape index (κ1) is 15.2. The molecule has 0 amide bonds. The number of hydrogen-bond donors (Lipinski definition) is 2. The fourth-order valence-corrected chi connectivity index (χ4v) is 2.69. The number of hydrogen-bond acceptors (Lipinski definition) is 4. The first-order chi connectivity index (χ1) is 9.12. The van der Waals surface area contributed by atoms with Crippen molar-refractivity contribution in [3.8, 4) is 0 Å². The second-order valence-corrected chi connectivity index (χ2v) is 6.42. The fraction of sp³-hybridized carbons (Fsp3) is 1.00. The standard InChI is InChI=1S/C15H29NO3/c1-12(2)19-8-7-18-10-14(17)9-16-11-15(5-6-15)13-3-4-13/h12-14,16-17H,3-11H2,1-2H3. The van der Waals surface area contributed by atoms with E-state index in [4.69, 9.17) is 9.47 Å². The average molecular weight is 271 g/mol. The second kappa shape index (κ2) is 7.02. The van der Waals surface area contributed by atoms with E-state index in [-0.39, 0.29) is 6.10 Å². The van der Waals surface area contributed by atoms with Crippen LogP contribution in [0.1, 0.15) is 39.5 Å². The van der Waals surface area contributed by atoms with Crippen LogP contribution < -0.4 is 5.32 Å². The van der Waals surface area contributed by atoms with Crippen molar-refractivity contribution >= 4 is 0 Å². The average Bonchev–Trinajstić information content (AvgIpc) is 3.21. The molecule has 1 unspecified atom stereocenters. The van der Waals surface area contributed by atoms with Gasteiger partial charge in [0.05, 0.1) is 32.0 Å². The summed E-state index contributed by atoms with van der Waals surface area (Å²) in [7, 11) is 0. The maximum atomic E-state index is 9.80. The van der Waals surface area contributed by atoms with Crippen molar-refractivity contribution in [2.45, 2.75) is 51.7 Å². The molecule has 0 aromatic heterocycles. The van der Waals surface area contributed by atoms with Gasteiger partial charge in [0.25, 0.3) is 0 Å².